The van der Waals surface area contributed by atoms with Gasteiger partial charge in [-0.05, 0) is 50.2 Å². The van der Waals surface area contributed by atoms with Gasteiger partial charge in [-0.15, -0.1) is 0 Å². The Morgan fingerprint density at radius 2 is 2.11 bits per heavy atom. The Morgan fingerprint density at radius 1 is 1.32 bits per heavy atom. The van der Waals surface area contributed by atoms with Gasteiger partial charge in [0.2, 0.25) is 0 Å². The second-order valence-electron chi connectivity index (χ2n) is 5.89. The highest BCUT2D eigenvalue weighted by atomic mass is 16.5. The number of aryl methyl sites for hydroxylation is 1. The van der Waals surface area contributed by atoms with E-state index in [9.17, 15) is 0 Å². The molecule has 0 radical (unpaired) electrons. The fourth-order valence-electron chi connectivity index (χ4n) is 3.40. The molecule has 2 saturated heterocycles. The van der Waals surface area contributed by atoms with E-state index < -0.39 is 0 Å². The number of hydrogen-bond acceptors (Lipinski definition) is 4. The van der Waals surface area contributed by atoms with Crippen molar-refractivity contribution in [1.29, 1.82) is 0 Å². The Kier molecular flexibility index (Phi) is 3.65. The van der Waals surface area contributed by atoms with Crippen LogP contribution in [0.2, 0.25) is 0 Å². The maximum Gasteiger partial charge on any atom is 0.123 e. The maximum atomic E-state index is 6.42. The van der Waals surface area contributed by atoms with Gasteiger partial charge in [-0.2, -0.15) is 0 Å². The minimum Gasteiger partial charge on any atom is -0.467 e. The lowest BCUT2D eigenvalue weighted by Crippen LogP contribution is -2.46. The van der Waals surface area contributed by atoms with Crippen molar-refractivity contribution in [2.24, 2.45) is 11.7 Å². The van der Waals surface area contributed by atoms with Crippen LogP contribution in [0.4, 0.5) is 0 Å². The quantitative estimate of drug-likeness (QED) is 0.893. The maximum absolute atomic E-state index is 6.42. The van der Waals surface area contributed by atoms with Crippen molar-refractivity contribution in [3.05, 3.63) is 23.7 Å². The van der Waals surface area contributed by atoms with Crippen LogP contribution in [0, 0.1) is 12.8 Å². The topological polar surface area (TPSA) is 57.6 Å². The van der Waals surface area contributed by atoms with E-state index in [0.29, 0.717) is 5.92 Å². The van der Waals surface area contributed by atoms with Crippen LogP contribution in [-0.4, -0.2) is 25.4 Å². The summed E-state index contributed by atoms with van der Waals surface area (Å²) in [6.45, 7) is 4.48. The summed E-state index contributed by atoms with van der Waals surface area (Å²) in [5.74, 6) is 1.38. The number of nitrogens with two attached hydrogens (primary N) is 1. The summed E-state index contributed by atoms with van der Waals surface area (Å²) in [5, 5.41) is 0. The lowest BCUT2D eigenvalue weighted by Gasteiger charge is -2.44. The SMILES string of the molecule is Cc1ccoc1C(N)C1CCOC2(CCOCC2)C1. The standard InChI is InChI=1S/C15H23NO3/c1-11-2-6-18-14(11)13(16)12-3-7-19-15(10-12)4-8-17-9-5-15/h2,6,12-13H,3-5,7-10,16H2,1H3. The molecule has 1 aromatic heterocycles. The summed E-state index contributed by atoms with van der Waals surface area (Å²) in [6, 6.07) is 1.97. The molecule has 3 heterocycles. The molecule has 0 aliphatic carbocycles. The average molecular weight is 265 g/mol. The number of ether oxygens (including phenoxy) is 2. The summed E-state index contributed by atoms with van der Waals surface area (Å²) < 4.78 is 17.1. The van der Waals surface area contributed by atoms with Crippen molar-refractivity contribution in [1.82, 2.24) is 0 Å². The summed E-state index contributed by atoms with van der Waals surface area (Å²) in [4.78, 5) is 0. The largest absolute Gasteiger partial charge is 0.467 e. The second kappa shape index (κ2) is 5.27. The van der Waals surface area contributed by atoms with Gasteiger partial charge >= 0.3 is 0 Å². The van der Waals surface area contributed by atoms with Crippen molar-refractivity contribution in [2.75, 3.05) is 19.8 Å². The van der Waals surface area contributed by atoms with Gasteiger partial charge in [0, 0.05) is 19.8 Å². The minimum atomic E-state index is -0.0152. The first-order chi connectivity index (χ1) is 9.20. The zero-order valence-corrected chi connectivity index (χ0v) is 11.6. The van der Waals surface area contributed by atoms with E-state index in [1.165, 1.54) is 0 Å². The van der Waals surface area contributed by atoms with Gasteiger partial charge < -0.3 is 19.6 Å². The molecular formula is C15H23NO3. The Hall–Kier alpha value is -0.840. The van der Waals surface area contributed by atoms with E-state index in [2.05, 4.69) is 6.92 Å². The monoisotopic (exact) mass is 265 g/mol. The fraction of sp³-hybridized carbons (Fsp3) is 0.733. The molecule has 1 aromatic rings. The van der Waals surface area contributed by atoms with Gasteiger partial charge in [-0.25, -0.2) is 0 Å². The Balaban J connectivity index is 1.72. The highest BCUT2D eigenvalue weighted by molar-refractivity contribution is 5.19. The second-order valence-corrected chi connectivity index (χ2v) is 5.89. The van der Waals surface area contributed by atoms with Crippen LogP contribution in [0.25, 0.3) is 0 Å². The van der Waals surface area contributed by atoms with Crippen molar-refractivity contribution >= 4 is 0 Å². The predicted molar refractivity (Wildman–Crippen MR) is 71.8 cm³/mol. The molecule has 2 atom stereocenters. The molecule has 1 spiro atoms. The van der Waals surface area contributed by atoms with Crippen LogP contribution >= 0.6 is 0 Å². The van der Waals surface area contributed by atoms with Gasteiger partial charge in [0.1, 0.15) is 5.76 Å². The summed E-state index contributed by atoms with van der Waals surface area (Å²) in [7, 11) is 0. The molecule has 2 N–H and O–H groups in total. The molecule has 4 nitrogen and oxygen atoms in total. The van der Waals surface area contributed by atoms with Gasteiger partial charge in [0.25, 0.3) is 0 Å². The van der Waals surface area contributed by atoms with E-state index in [0.717, 1.165) is 56.8 Å². The Labute approximate surface area is 114 Å². The molecule has 2 fully saturated rings. The first-order valence-corrected chi connectivity index (χ1v) is 7.21. The van der Waals surface area contributed by atoms with Crippen LogP contribution in [0.5, 0.6) is 0 Å². The Morgan fingerprint density at radius 3 is 2.79 bits per heavy atom. The van der Waals surface area contributed by atoms with Gasteiger partial charge in [-0.3, -0.25) is 0 Å². The van der Waals surface area contributed by atoms with Crippen LogP contribution < -0.4 is 5.73 Å². The van der Waals surface area contributed by atoms with Crippen LogP contribution in [0.15, 0.2) is 16.7 Å². The number of hydrogen-bond donors (Lipinski definition) is 1. The summed E-state index contributed by atoms with van der Waals surface area (Å²) in [6.07, 6.45) is 5.76. The molecule has 4 heteroatoms. The van der Waals surface area contributed by atoms with E-state index >= 15 is 0 Å². The molecule has 106 valence electrons. The molecule has 0 amide bonds. The molecular weight excluding hydrogens is 242 g/mol. The lowest BCUT2D eigenvalue weighted by atomic mass is 9.77. The molecule has 2 unspecified atom stereocenters. The third-order valence-electron chi connectivity index (χ3n) is 4.65. The Bertz CT molecular complexity index is 417. The van der Waals surface area contributed by atoms with Crippen molar-refractivity contribution in [3.8, 4) is 0 Å². The molecule has 0 saturated carbocycles. The molecule has 0 aromatic carbocycles. The van der Waals surface area contributed by atoms with Crippen LogP contribution in [-0.2, 0) is 9.47 Å². The van der Waals surface area contributed by atoms with E-state index in [-0.39, 0.29) is 11.6 Å². The average Bonchev–Trinajstić information content (AvgIpc) is 2.85. The highest BCUT2D eigenvalue weighted by Gasteiger charge is 2.41. The van der Waals surface area contributed by atoms with Crippen LogP contribution in [0.3, 0.4) is 0 Å². The fourth-order valence-corrected chi connectivity index (χ4v) is 3.40. The third kappa shape index (κ3) is 2.57. The molecule has 2 aliphatic heterocycles. The number of rotatable bonds is 2. The lowest BCUT2D eigenvalue weighted by molar-refractivity contribution is -0.149. The van der Waals surface area contributed by atoms with Gasteiger partial charge in [0.05, 0.1) is 17.9 Å². The number of furan rings is 1. The summed E-state index contributed by atoms with van der Waals surface area (Å²) >= 11 is 0. The van der Waals surface area contributed by atoms with Crippen molar-refractivity contribution in [3.63, 3.8) is 0 Å². The van der Waals surface area contributed by atoms with Crippen molar-refractivity contribution in [2.45, 2.75) is 44.2 Å². The minimum absolute atomic E-state index is 0.000710. The molecule has 2 aliphatic rings. The van der Waals surface area contributed by atoms with E-state index in [4.69, 9.17) is 19.6 Å². The highest BCUT2D eigenvalue weighted by Crippen LogP contribution is 2.41. The van der Waals surface area contributed by atoms with Gasteiger partial charge in [0.15, 0.2) is 0 Å². The molecule has 0 bridgehead atoms. The zero-order valence-electron chi connectivity index (χ0n) is 11.6. The van der Waals surface area contributed by atoms with E-state index in [1.54, 1.807) is 6.26 Å². The van der Waals surface area contributed by atoms with E-state index in [1.807, 2.05) is 6.07 Å². The normalized spacial score (nSPS) is 28.4. The smallest absolute Gasteiger partial charge is 0.123 e. The van der Waals surface area contributed by atoms with Gasteiger partial charge in [-0.1, -0.05) is 0 Å². The first kappa shape index (κ1) is 13.2. The predicted octanol–water partition coefficient (Wildman–Crippen LogP) is 2.56. The summed E-state index contributed by atoms with van der Waals surface area (Å²) in [5.41, 5.74) is 7.58. The third-order valence-corrected chi connectivity index (χ3v) is 4.65. The van der Waals surface area contributed by atoms with Crippen molar-refractivity contribution < 1.29 is 13.9 Å². The zero-order chi connectivity index (χ0) is 13.3. The molecule has 19 heavy (non-hydrogen) atoms. The van der Waals surface area contributed by atoms with Crippen LogP contribution in [0.1, 0.15) is 43.0 Å². The first-order valence-electron chi connectivity index (χ1n) is 7.21. The molecule has 3 rings (SSSR count).